The van der Waals surface area contributed by atoms with Crippen molar-refractivity contribution in [2.75, 3.05) is 36.5 Å². The number of ether oxygens (including phenoxy) is 1. The van der Waals surface area contributed by atoms with E-state index in [9.17, 15) is 4.79 Å². The lowest BCUT2D eigenvalue weighted by atomic mass is 10.2. The summed E-state index contributed by atoms with van der Waals surface area (Å²) in [5, 5.41) is 5.11. The minimum Gasteiger partial charge on any atom is -0.378 e. The molecule has 1 fully saturated rings. The van der Waals surface area contributed by atoms with Gasteiger partial charge in [0.1, 0.15) is 0 Å². The van der Waals surface area contributed by atoms with Gasteiger partial charge >= 0.3 is 0 Å². The molecule has 1 aliphatic rings. The molecule has 0 aliphatic carbocycles. The van der Waals surface area contributed by atoms with E-state index in [1.807, 2.05) is 0 Å². The minimum atomic E-state index is -0.0354. The van der Waals surface area contributed by atoms with E-state index in [0.717, 1.165) is 24.1 Å². The minimum absolute atomic E-state index is 0.0354. The normalized spacial score (nSPS) is 17.8. The number of aromatic nitrogens is 2. The fraction of sp³-hybridized carbons (Fsp3) is 0.667. The highest BCUT2D eigenvalue weighted by atomic mass is 79.9. The van der Waals surface area contributed by atoms with Gasteiger partial charge in [-0.3, -0.25) is 4.79 Å². The van der Waals surface area contributed by atoms with E-state index in [1.165, 1.54) is 4.68 Å². The fourth-order valence-corrected chi connectivity index (χ4v) is 2.10. The Morgan fingerprint density at radius 2 is 2.22 bits per heavy atom. The van der Waals surface area contributed by atoms with Crippen LogP contribution in [0.25, 0.3) is 0 Å². The van der Waals surface area contributed by atoms with E-state index in [2.05, 4.69) is 32.9 Å². The van der Waals surface area contributed by atoms with Crippen LogP contribution in [0.15, 0.2) is 17.1 Å². The Balaban J connectivity index is 2.11. The second kappa shape index (κ2) is 6.33. The molecule has 1 aromatic rings. The van der Waals surface area contributed by atoms with E-state index >= 15 is 0 Å². The molecule has 1 aliphatic heterocycles. The van der Waals surface area contributed by atoms with Crippen LogP contribution in [0.3, 0.4) is 0 Å². The number of hydrogen-bond donors (Lipinski definition) is 0. The van der Waals surface area contributed by atoms with Crippen LogP contribution in [-0.2, 0) is 11.3 Å². The largest absolute Gasteiger partial charge is 0.378 e. The second-order valence-corrected chi connectivity index (χ2v) is 5.24. The molecule has 6 heteroatoms. The summed E-state index contributed by atoms with van der Waals surface area (Å²) >= 11 is 3.41. The molecule has 1 saturated heterocycles. The van der Waals surface area contributed by atoms with Crippen LogP contribution in [0.5, 0.6) is 0 Å². The van der Waals surface area contributed by atoms with E-state index in [0.29, 0.717) is 25.7 Å². The van der Waals surface area contributed by atoms with Gasteiger partial charge in [-0.05, 0) is 5.92 Å². The first-order chi connectivity index (χ1) is 8.70. The van der Waals surface area contributed by atoms with Gasteiger partial charge in [0.25, 0.3) is 5.56 Å². The van der Waals surface area contributed by atoms with Gasteiger partial charge < -0.3 is 9.64 Å². The Kier molecular flexibility index (Phi) is 4.77. The molecule has 0 bridgehead atoms. The Labute approximate surface area is 115 Å². The molecule has 0 radical (unpaired) electrons. The molecule has 1 aromatic heterocycles. The van der Waals surface area contributed by atoms with Gasteiger partial charge in [0.05, 0.1) is 25.1 Å². The number of nitrogens with zero attached hydrogens (tertiary/aromatic N) is 3. The Morgan fingerprint density at radius 3 is 2.83 bits per heavy atom. The summed E-state index contributed by atoms with van der Waals surface area (Å²) in [5.74, 6) is 0.393. The number of halogens is 1. The zero-order valence-corrected chi connectivity index (χ0v) is 12.1. The molecular formula is C12H18BrN3O2. The topological polar surface area (TPSA) is 47.4 Å². The zero-order chi connectivity index (χ0) is 13.0. The lowest BCUT2D eigenvalue weighted by Gasteiger charge is -2.28. The molecule has 5 nitrogen and oxygen atoms in total. The maximum absolute atomic E-state index is 12.0. The molecule has 2 rings (SSSR count). The van der Waals surface area contributed by atoms with Gasteiger partial charge in [-0.25, -0.2) is 4.68 Å². The van der Waals surface area contributed by atoms with Crippen molar-refractivity contribution in [2.45, 2.75) is 13.5 Å². The van der Waals surface area contributed by atoms with Crippen molar-refractivity contribution in [3.05, 3.63) is 22.6 Å². The molecule has 18 heavy (non-hydrogen) atoms. The molecule has 1 unspecified atom stereocenters. The zero-order valence-electron chi connectivity index (χ0n) is 10.5. The van der Waals surface area contributed by atoms with Crippen LogP contribution in [0.1, 0.15) is 6.92 Å². The molecule has 0 N–H and O–H groups in total. The van der Waals surface area contributed by atoms with Crippen LogP contribution < -0.4 is 10.5 Å². The van der Waals surface area contributed by atoms with Gasteiger partial charge in [0.15, 0.2) is 0 Å². The predicted molar refractivity (Wildman–Crippen MR) is 74.5 cm³/mol. The summed E-state index contributed by atoms with van der Waals surface area (Å²) in [7, 11) is 0. The van der Waals surface area contributed by atoms with E-state index < -0.39 is 0 Å². The number of alkyl halides is 1. The van der Waals surface area contributed by atoms with Crippen LogP contribution in [0.4, 0.5) is 5.69 Å². The van der Waals surface area contributed by atoms with Crippen LogP contribution >= 0.6 is 15.9 Å². The standard InChI is InChI=1S/C12H18BrN3O2/c1-10(7-13)9-16-12(17)6-11(8-14-16)15-2-4-18-5-3-15/h6,8,10H,2-5,7,9H2,1H3. The van der Waals surface area contributed by atoms with Crippen molar-refractivity contribution in [1.82, 2.24) is 9.78 Å². The highest BCUT2D eigenvalue weighted by Gasteiger charge is 2.13. The first-order valence-electron chi connectivity index (χ1n) is 6.16. The molecule has 0 saturated carbocycles. The van der Waals surface area contributed by atoms with Crippen molar-refractivity contribution in [3.8, 4) is 0 Å². The number of morpholine rings is 1. The Morgan fingerprint density at radius 1 is 1.50 bits per heavy atom. The highest BCUT2D eigenvalue weighted by molar-refractivity contribution is 9.09. The van der Waals surface area contributed by atoms with Crippen molar-refractivity contribution >= 4 is 21.6 Å². The maximum atomic E-state index is 12.0. The molecule has 1 atom stereocenters. The van der Waals surface area contributed by atoms with Crippen molar-refractivity contribution in [1.29, 1.82) is 0 Å². The monoisotopic (exact) mass is 315 g/mol. The second-order valence-electron chi connectivity index (χ2n) is 4.59. The molecule has 0 aromatic carbocycles. The lowest BCUT2D eigenvalue weighted by molar-refractivity contribution is 0.122. The third kappa shape index (κ3) is 3.32. The number of rotatable bonds is 4. The molecule has 100 valence electrons. The van der Waals surface area contributed by atoms with Crippen LogP contribution in [0.2, 0.25) is 0 Å². The summed E-state index contributed by atoms with van der Waals surface area (Å²) in [6.45, 7) is 5.80. The summed E-state index contributed by atoms with van der Waals surface area (Å²) in [5.41, 5.74) is 0.859. The summed E-state index contributed by atoms with van der Waals surface area (Å²) < 4.78 is 6.82. The third-order valence-electron chi connectivity index (χ3n) is 2.98. The first kappa shape index (κ1) is 13.5. The van der Waals surface area contributed by atoms with E-state index in [-0.39, 0.29) is 5.56 Å². The van der Waals surface area contributed by atoms with Gasteiger partial charge in [0.2, 0.25) is 0 Å². The van der Waals surface area contributed by atoms with E-state index in [1.54, 1.807) is 12.3 Å². The SMILES string of the molecule is CC(CBr)Cn1ncc(N2CCOCC2)cc1=O. The van der Waals surface area contributed by atoms with Gasteiger partial charge in [-0.1, -0.05) is 22.9 Å². The number of hydrogen-bond acceptors (Lipinski definition) is 4. The lowest BCUT2D eigenvalue weighted by Crippen LogP contribution is -2.37. The quantitative estimate of drug-likeness (QED) is 0.781. The van der Waals surface area contributed by atoms with Gasteiger partial charge in [-0.15, -0.1) is 0 Å². The van der Waals surface area contributed by atoms with Crippen molar-refractivity contribution < 1.29 is 4.74 Å². The smallest absolute Gasteiger partial charge is 0.268 e. The van der Waals surface area contributed by atoms with Crippen molar-refractivity contribution in [3.63, 3.8) is 0 Å². The van der Waals surface area contributed by atoms with Gasteiger partial charge in [0, 0.05) is 31.0 Å². The maximum Gasteiger partial charge on any atom is 0.268 e. The number of anilines is 1. The predicted octanol–water partition coefficient (Wildman–Crippen LogP) is 1.11. The molecule has 0 amide bonds. The van der Waals surface area contributed by atoms with Crippen molar-refractivity contribution in [2.24, 2.45) is 5.92 Å². The average molecular weight is 316 g/mol. The van der Waals surface area contributed by atoms with E-state index in [4.69, 9.17) is 4.74 Å². The van der Waals surface area contributed by atoms with Crippen LogP contribution in [0, 0.1) is 5.92 Å². The Bertz CT molecular complexity index is 443. The van der Waals surface area contributed by atoms with Crippen LogP contribution in [-0.4, -0.2) is 41.4 Å². The summed E-state index contributed by atoms with van der Waals surface area (Å²) in [4.78, 5) is 14.1. The molecule has 2 heterocycles. The summed E-state index contributed by atoms with van der Waals surface area (Å²) in [6, 6.07) is 1.67. The molecular weight excluding hydrogens is 298 g/mol. The Hall–Kier alpha value is -0.880. The average Bonchev–Trinajstić information content (AvgIpc) is 2.42. The van der Waals surface area contributed by atoms with Gasteiger partial charge in [-0.2, -0.15) is 5.10 Å². The first-order valence-corrected chi connectivity index (χ1v) is 7.28. The fourth-order valence-electron chi connectivity index (χ4n) is 1.90. The molecule has 0 spiro atoms. The third-order valence-corrected chi connectivity index (χ3v) is 4.08. The highest BCUT2D eigenvalue weighted by Crippen LogP contribution is 2.11. The summed E-state index contributed by atoms with van der Waals surface area (Å²) in [6.07, 6.45) is 1.77.